The molecule has 140 valence electrons. The average Bonchev–Trinajstić information content (AvgIpc) is 2.68. The molecule has 1 aromatic carbocycles. The summed E-state index contributed by atoms with van der Waals surface area (Å²) in [6.07, 6.45) is 6.41. The van der Waals surface area contributed by atoms with Gasteiger partial charge in [0.25, 0.3) is 0 Å². The number of nitrogens with one attached hydrogen (secondary N) is 1. The lowest BCUT2D eigenvalue weighted by Crippen LogP contribution is -2.52. The van der Waals surface area contributed by atoms with Crippen LogP contribution in [0.25, 0.3) is 10.9 Å². The molecule has 2 aliphatic rings. The molecular weight excluding hydrogens is 350 g/mol. The molecule has 1 aliphatic carbocycles. The Morgan fingerprint density at radius 2 is 1.65 bits per heavy atom. The standard InChI is InChI=1S/C19H25N3O3S/c23-19-9-6-15-14-17(7-8-18(15)20-19)26(24,25)22-12-10-21(11-13-22)16-4-2-1-3-5-16/h6-9,14,16H,1-5,10-13H2,(H,20,23). The third-order valence-corrected chi connectivity index (χ3v) is 7.59. The lowest BCUT2D eigenvalue weighted by atomic mass is 9.94. The lowest BCUT2D eigenvalue weighted by Gasteiger charge is -2.40. The number of aromatic nitrogens is 1. The molecule has 2 aromatic rings. The summed E-state index contributed by atoms with van der Waals surface area (Å²) in [4.78, 5) is 16.9. The van der Waals surface area contributed by atoms with E-state index in [4.69, 9.17) is 0 Å². The molecule has 1 saturated carbocycles. The number of fused-ring (bicyclic) bond motifs is 1. The average molecular weight is 375 g/mol. The van der Waals surface area contributed by atoms with Crippen molar-refractivity contribution in [1.29, 1.82) is 0 Å². The van der Waals surface area contributed by atoms with E-state index in [0.717, 1.165) is 18.5 Å². The molecule has 6 nitrogen and oxygen atoms in total. The van der Waals surface area contributed by atoms with Crippen LogP contribution in [0.2, 0.25) is 0 Å². The minimum absolute atomic E-state index is 0.188. The summed E-state index contributed by atoms with van der Waals surface area (Å²) in [5, 5.41) is 0.728. The molecule has 0 unspecified atom stereocenters. The molecule has 0 bridgehead atoms. The van der Waals surface area contributed by atoms with Gasteiger partial charge in [-0.1, -0.05) is 19.3 Å². The Hall–Kier alpha value is -1.70. The van der Waals surface area contributed by atoms with Crippen molar-refractivity contribution < 1.29 is 8.42 Å². The molecule has 26 heavy (non-hydrogen) atoms. The molecule has 0 atom stereocenters. The Bertz CT molecular complexity index is 940. The van der Waals surface area contributed by atoms with Gasteiger partial charge in [0.05, 0.1) is 4.90 Å². The SMILES string of the molecule is O=c1ccc2cc(S(=O)(=O)N3CCN(C4CCCCC4)CC3)ccc2[nH]1. The fourth-order valence-corrected chi connectivity index (χ4v) is 5.66. The van der Waals surface area contributed by atoms with Gasteiger partial charge in [0.1, 0.15) is 0 Å². The molecule has 2 fully saturated rings. The first-order valence-corrected chi connectivity index (χ1v) is 10.9. The van der Waals surface area contributed by atoms with E-state index in [0.29, 0.717) is 29.5 Å². The highest BCUT2D eigenvalue weighted by Crippen LogP contribution is 2.26. The fraction of sp³-hybridized carbons (Fsp3) is 0.526. The highest BCUT2D eigenvalue weighted by Gasteiger charge is 2.31. The number of rotatable bonds is 3. The Balaban J connectivity index is 1.50. The topological polar surface area (TPSA) is 73.5 Å². The maximum Gasteiger partial charge on any atom is 0.248 e. The van der Waals surface area contributed by atoms with E-state index < -0.39 is 10.0 Å². The van der Waals surface area contributed by atoms with Crippen molar-refractivity contribution in [2.24, 2.45) is 0 Å². The van der Waals surface area contributed by atoms with E-state index in [1.54, 1.807) is 28.6 Å². The summed E-state index contributed by atoms with van der Waals surface area (Å²) in [7, 11) is -3.50. The number of hydrogen-bond donors (Lipinski definition) is 1. The van der Waals surface area contributed by atoms with Gasteiger partial charge in [-0.15, -0.1) is 0 Å². The van der Waals surface area contributed by atoms with Crippen molar-refractivity contribution in [2.75, 3.05) is 26.2 Å². The van der Waals surface area contributed by atoms with E-state index in [1.165, 1.54) is 38.2 Å². The number of hydrogen-bond acceptors (Lipinski definition) is 4. The predicted octanol–water partition coefficient (Wildman–Crippen LogP) is 2.17. The lowest BCUT2D eigenvalue weighted by molar-refractivity contribution is 0.111. The molecule has 1 aliphatic heterocycles. The van der Waals surface area contributed by atoms with Crippen molar-refractivity contribution >= 4 is 20.9 Å². The molecule has 0 amide bonds. The number of sulfonamides is 1. The van der Waals surface area contributed by atoms with E-state index in [1.807, 2.05) is 0 Å². The van der Waals surface area contributed by atoms with Gasteiger partial charge in [-0.2, -0.15) is 4.31 Å². The highest BCUT2D eigenvalue weighted by atomic mass is 32.2. The van der Waals surface area contributed by atoms with Crippen molar-refractivity contribution in [3.05, 3.63) is 40.7 Å². The zero-order chi connectivity index (χ0) is 18.1. The van der Waals surface area contributed by atoms with Crippen molar-refractivity contribution in [2.45, 2.75) is 43.0 Å². The van der Waals surface area contributed by atoms with Crippen LogP contribution in [0.15, 0.2) is 40.0 Å². The summed E-state index contributed by atoms with van der Waals surface area (Å²) in [5.41, 5.74) is 0.463. The Kier molecular flexibility index (Phi) is 4.86. The summed E-state index contributed by atoms with van der Waals surface area (Å²) < 4.78 is 27.6. The van der Waals surface area contributed by atoms with E-state index in [-0.39, 0.29) is 5.56 Å². The van der Waals surface area contributed by atoms with Gasteiger partial charge in [0.2, 0.25) is 15.6 Å². The quantitative estimate of drug-likeness (QED) is 0.892. The molecular formula is C19H25N3O3S. The maximum atomic E-state index is 13.0. The number of nitrogens with zero attached hydrogens (tertiary/aromatic N) is 2. The molecule has 0 radical (unpaired) electrons. The zero-order valence-electron chi connectivity index (χ0n) is 14.9. The van der Waals surface area contributed by atoms with Crippen LogP contribution < -0.4 is 5.56 Å². The van der Waals surface area contributed by atoms with Crippen LogP contribution in [0, 0.1) is 0 Å². The predicted molar refractivity (Wildman–Crippen MR) is 102 cm³/mol. The zero-order valence-corrected chi connectivity index (χ0v) is 15.7. The second kappa shape index (κ2) is 7.13. The van der Waals surface area contributed by atoms with Gasteiger partial charge in [0, 0.05) is 43.8 Å². The molecule has 0 spiro atoms. The van der Waals surface area contributed by atoms with Gasteiger partial charge in [-0.25, -0.2) is 8.42 Å². The van der Waals surface area contributed by atoms with Crippen LogP contribution in [0.4, 0.5) is 0 Å². The highest BCUT2D eigenvalue weighted by molar-refractivity contribution is 7.89. The third kappa shape index (κ3) is 3.43. The van der Waals surface area contributed by atoms with E-state index in [9.17, 15) is 13.2 Å². The van der Waals surface area contributed by atoms with Crippen LogP contribution in [0.1, 0.15) is 32.1 Å². The number of benzene rings is 1. The summed E-state index contributed by atoms with van der Waals surface area (Å²) in [6, 6.07) is 8.61. The number of piperazine rings is 1. The van der Waals surface area contributed by atoms with E-state index >= 15 is 0 Å². The Morgan fingerprint density at radius 1 is 0.923 bits per heavy atom. The molecule has 1 N–H and O–H groups in total. The maximum absolute atomic E-state index is 13.0. The van der Waals surface area contributed by atoms with Gasteiger partial charge < -0.3 is 4.98 Å². The first-order chi connectivity index (χ1) is 12.5. The van der Waals surface area contributed by atoms with Crippen LogP contribution in [0.3, 0.4) is 0 Å². The number of aromatic amines is 1. The molecule has 7 heteroatoms. The van der Waals surface area contributed by atoms with Gasteiger partial charge >= 0.3 is 0 Å². The minimum Gasteiger partial charge on any atom is -0.322 e. The molecule has 1 saturated heterocycles. The third-order valence-electron chi connectivity index (χ3n) is 5.70. The fourth-order valence-electron chi connectivity index (χ4n) is 4.20. The van der Waals surface area contributed by atoms with Crippen LogP contribution in [0.5, 0.6) is 0 Å². The second-order valence-electron chi connectivity index (χ2n) is 7.30. The first-order valence-electron chi connectivity index (χ1n) is 9.41. The molecule has 4 rings (SSSR count). The minimum atomic E-state index is -3.50. The van der Waals surface area contributed by atoms with Crippen LogP contribution in [-0.4, -0.2) is 54.8 Å². The van der Waals surface area contributed by atoms with Crippen LogP contribution in [-0.2, 0) is 10.0 Å². The summed E-state index contributed by atoms with van der Waals surface area (Å²) in [5.74, 6) is 0. The van der Waals surface area contributed by atoms with Crippen LogP contribution >= 0.6 is 0 Å². The molecule has 1 aromatic heterocycles. The van der Waals surface area contributed by atoms with Crippen molar-refractivity contribution in [3.63, 3.8) is 0 Å². The van der Waals surface area contributed by atoms with Crippen molar-refractivity contribution in [1.82, 2.24) is 14.2 Å². The number of H-pyrrole nitrogens is 1. The summed E-state index contributed by atoms with van der Waals surface area (Å²) >= 11 is 0. The monoisotopic (exact) mass is 375 g/mol. The van der Waals surface area contributed by atoms with E-state index in [2.05, 4.69) is 9.88 Å². The smallest absolute Gasteiger partial charge is 0.248 e. The summed E-state index contributed by atoms with van der Waals surface area (Å²) in [6.45, 7) is 2.71. The van der Waals surface area contributed by atoms with Gasteiger partial charge in [-0.05, 0) is 42.5 Å². The second-order valence-corrected chi connectivity index (χ2v) is 9.24. The number of pyridine rings is 1. The first kappa shape index (κ1) is 17.7. The van der Waals surface area contributed by atoms with Crippen molar-refractivity contribution in [3.8, 4) is 0 Å². The largest absolute Gasteiger partial charge is 0.322 e. The Morgan fingerprint density at radius 3 is 2.38 bits per heavy atom. The van der Waals surface area contributed by atoms with Gasteiger partial charge in [0.15, 0.2) is 0 Å². The molecule has 2 heterocycles. The normalized spacial score (nSPS) is 21.2. The van der Waals surface area contributed by atoms with Gasteiger partial charge in [-0.3, -0.25) is 9.69 Å². The Labute approximate surface area is 153 Å².